The topological polar surface area (TPSA) is 32.7 Å². The van der Waals surface area contributed by atoms with Crippen molar-refractivity contribution in [1.29, 1.82) is 0 Å². The second-order valence-electron chi connectivity index (χ2n) is 7.80. The molecule has 5 rings (SSSR count). The van der Waals surface area contributed by atoms with Gasteiger partial charge in [0.25, 0.3) is 0 Å². The molecule has 2 spiro atoms. The quantitative estimate of drug-likeness (QED) is 0.475. The van der Waals surface area contributed by atoms with Crippen molar-refractivity contribution in [2.75, 3.05) is 25.1 Å². The molecule has 1 N–H and O–H groups in total. The van der Waals surface area contributed by atoms with Crippen molar-refractivity contribution in [3.63, 3.8) is 0 Å². The van der Waals surface area contributed by atoms with Gasteiger partial charge in [0.15, 0.2) is 0 Å². The van der Waals surface area contributed by atoms with Gasteiger partial charge in [-0.3, -0.25) is 0 Å². The Morgan fingerprint density at radius 1 is 1.41 bits per heavy atom. The number of methoxy groups -OCH3 is 1. The van der Waals surface area contributed by atoms with Crippen LogP contribution in [0, 0.1) is 11.3 Å². The maximum absolute atomic E-state index is 10.9. The van der Waals surface area contributed by atoms with Crippen molar-refractivity contribution >= 4 is 0 Å². The number of hydrogen-bond donors (Lipinski definition) is 1. The third kappa shape index (κ3) is 1.31. The standard InChI is InChI=1S/C18H23INO2/c1-10-18-7-17(8-19-10)9-20(2)12(16(17)18)6-11-4-5-13(22-3)15(21)14(11)18/h4-5,10,12,16,21H,6-9H2,1-3H3/q-1/t10?,12-,16?,17?,18-/m1/s1. The molecule has 3 unspecified atom stereocenters. The van der Waals surface area contributed by atoms with Gasteiger partial charge >= 0.3 is 142 Å². The molecule has 3 fully saturated rings. The van der Waals surface area contributed by atoms with Gasteiger partial charge in [-0.15, -0.1) is 0 Å². The van der Waals surface area contributed by atoms with E-state index in [4.69, 9.17) is 4.74 Å². The van der Waals surface area contributed by atoms with E-state index in [1.807, 2.05) is 6.07 Å². The normalized spacial score (nSPS) is 45.3. The number of phenolic OH excluding ortho intramolecular Hbond substituents is 1. The number of benzene rings is 1. The van der Waals surface area contributed by atoms with Crippen LogP contribution in [-0.4, -0.2) is 45.1 Å². The summed E-state index contributed by atoms with van der Waals surface area (Å²) in [4.78, 5) is 2.62. The second kappa shape index (κ2) is 4.12. The average molecular weight is 412 g/mol. The molecule has 5 atom stereocenters. The van der Waals surface area contributed by atoms with Crippen LogP contribution in [0.4, 0.5) is 0 Å². The van der Waals surface area contributed by atoms with Gasteiger partial charge in [0.1, 0.15) is 0 Å². The summed E-state index contributed by atoms with van der Waals surface area (Å²) in [5, 5.41) is 10.9. The molecule has 3 nitrogen and oxygen atoms in total. The van der Waals surface area contributed by atoms with Gasteiger partial charge in [0.2, 0.25) is 0 Å². The number of fused-ring (bicyclic) bond motifs is 1. The van der Waals surface area contributed by atoms with E-state index in [0.717, 1.165) is 16.3 Å². The summed E-state index contributed by atoms with van der Waals surface area (Å²) >= 11 is 0.226. The number of rotatable bonds is 1. The number of likely N-dealkylation sites (tertiary alicyclic amines) is 1. The van der Waals surface area contributed by atoms with Crippen molar-refractivity contribution in [2.24, 2.45) is 11.3 Å². The molecule has 1 saturated carbocycles. The number of ether oxygens (including phenoxy) is 1. The summed E-state index contributed by atoms with van der Waals surface area (Å²) in [6, 6.07) is 4.85. The first-order valence-corrected chi connectivity index (χ1v) is 11.0. The van der Waals surface area contributed by atoms with Crippen LogP contribution in [0.2, 0.25) is 0 Å². The fourth-order valence-electron chi connectivity index (χ4n) is 6.37. The van der Waals surface area contributed by atoms with Crippen molar-refractivity contribution < 1.29 is 31.0 Å². The summed E-state index contributed by atoms with van der Waals surface area (Å²) in [6.07, 6.45) is 2.39. The molecule has 2 aliphatic carbocycles. The van der Waals surface area contributed by atoms with Crippen molar-refractivity contribution in [2.45, 2.75) is 35.1 Å². The Balaban J connectivity index is 1.78. The van der Waals surface area contributed by atoms with Gasteiger partial charge in [-0.1, -0.05) is 0 Å². The van der Waals surface area contributed by atoms with E-state index in [9.17, 15) is 5.11 Å². The van der Waals surface area contributed by atoms with Crippen LogP contribution >= 0.6 is 0 Å². The number of aromatic hydroxyl groups is 1. The van der Waals surface area contributed by atoms with Crippen LogP contribution in [0.15, 0.2) is 12.1 Å². The van der Waals surface area contributed by atoms with Crippen LogP contribution in [0.5, 0.6) is 11.5 Å². The molecular weight excluding hydrogens is 389 g/mol. The zero-order valence-electron chi connectivity index (χ0n) is 13.4. The Morgan fingerprint density at radius 2 is 2.23 bits per heavy atom. The second-order valence-corrected chi connectivity index (χ2v) is 11.3. The number of alkyl halides is 2. The number of nitrogens with zero attached hydrogens (tertiary/aromatic N) is 1. The van der Waals surface area contributed by atoms with Gasteiger partial charge in [-0.2, -0.15) is 0 Å². The zero-order valence-corrected chi connectivity index (χ0v) is 15.6. The summed E-state index contributed by atoms with van der Waals surface area (Å²) in [7, 11) is 3.98. The van der Waals surface area contributed by atoms with E-state index in [1.165, 1.54) is 28.5 Å². The van der Waals surface area contributed by atoms with E-state index < -0.39 is 0 Å². The van der Waals surface area contributed by atoms with Gasteiger partial charge < -0.3 is 0 Å². The summed E-state index contributed by atoms with van der Waals surface area (Å²) < 4.78 is 7.68. The minimum absolute atomic E-state index is 0.226. The molecule has 22 heavy (non-hydrogen) atoms. The number of halogens is 1. The molecule has 1 aromatic carbocycles. The van der Waals surface area contributed by atoms with Gasteiger partial charge in [-0.05, 0) is 0 Å². The van der Waals surface area contributed by atoms with Crippen molar-refractivity contribution in [3.05, 3.63) is 23.3 Å². The molecule has 2 bridgehead atoms. The van der Waals surface area contributed by atoms with E-state index in [-0.39, 0.29) is 26.6 Å². The number of phenols is 1. The number of hydrogen-bond acceptors (Lipinski definition) is 3. The van der Waals surface area contributed by atoms with Crippen LogP contribution in [0.3, 0.4) is 0 Å². The Labute approximate surface area is 142 Å². The molecule has 120 valence electrons. The molecule has 1 aromatic rings. The van der Waals surface area contributed by atoms with E-state index in [1.54, 1.807) is 7.11 Å². The summed E-state index contributed by atoms with van der Waals surface area (Å²) in [5.41, 5.74) is 3.46. The SMILES string of the molecule is COc1ccc2c(c1O)[C@@]13CC4(C[I-]C1C)CN(C)[C@H](C2)C43. The van der Waals surface area contributed by atoms with Crippen LogP contribution in [-0.2, 0) is 11.8 Å². The Kier molecular flexibility index (Phi) is 2.61. The first-order valence-electron chi connectivity index (χ1n) is 8.21. The Bertz CT molecular complexity index is 677. The fraction of sp³-hybridized carbons (Fsp3) is 0.667. The molecular formula is C18H23INO2-. The van der Waals surface area contributed by atoms with E-state index >= 15 is 0 Å². The molecule has 2 aliphatic heterocycles. The summed E-state index contributed by atoms with van der Waals surface area (Å²) in [6.45, 7) is 3.74. The molecule has 0 amide bonds. The van der Waals surface area contributed by atoms with Crippen molar-refractivity contribution in [3.8, 4) is 11.5 Å². The van der Waals surface area contributed by atoms with Gasteiger partial charge in [-0.25, -0.2) is 0 Å². The third-order valence-electron chi connectivity index (χ3n) is 7.00. The molecule has 0 radical (unpaired) electrons. The maximum atomic E-state index is 10.9. The van der Waals surface area contributed by atoms with Crippen LogP contribution in [0.1, 0.15) is 24.5 Å². The predicted octanol–water partition coefficient (Wildman–Crippen LogP) is -0.994. The molecule has 0 aromatic heterocycles. The van der Waals surface area contributed by atoms with E-state index in [2.05, 4.69) is 24.9 Å². The van der Waals surface area contributed by atoms with Gasteiger partial charge in [0, 0.05) is 0 Å². The van der Waals surface area contributed by atoms with Crippen molar-refractivity contribution in [1.82, 2.24) is 4.90 Å². The summed E-state index contributed by atoms with van der Waals surface area (Å²) in [5.74, 6) is 1.87. The monoisotopic (exact) mass is 412 g/mol. The number of likely N-dealkylation sites (N-methyl/N-ethyl adjacent to an activating group) is 1. The predicted molar refractivity (Wildman–Crippen MR) is 81.3 cm³/mol. The Morgan fingerprint density at radius 3 is 3.00 bits per heavy atom. The first kappa shape index (κ1) is 13.9. The average Bonchev–Trinajstić information content (AvgIpc) is 2.72. The zero-order chi connectivity index (χ0) is 15.3. The molecule has 2 saturated heterocycles. The van der Waals surface area contributed by atoms with Crippen LogP contribution in [0.25, 0.3) is 0 Å². The van der Waals surface area contributed by atoms with E-state index in [0.29, 0.717) is 23.0 Å². The van der Waals surface area contributed by atoms with Gasteiger partial charge in [0.05, 0.1) is 0 Å². The first-order chi connectivity index (χ1) is 10.5. The Hall–Kier alpha value is -0.490. The molecule has 2 heterocycles. The van der Waals surface area contributed by atoms with Crippen LogP contribution < -0.4 is 25.9 Å². The molecule has 4 aliphatic rings. The minimum atomic E-state index is 0.226. The molecule has 4 heteroatoms. The fourth-order valence-corrected chi connectivity index (χ4v) is 10.6. The third-order valence-corrected chi connectivity index (χ3v) is 11.4.